The van der Waals surface area contributed by atoms with E-state index >= 15 is 0 Å². The minimum Gasteiger partial charge on any atom is -0.469 e. The molecule has 4 fully saturated rings. The molecule has 0 saturated heterocycles. The Morgan fingerprint density at radius 3 is 2.53 bits per heavy atom. The van der Waals surface area contributed by atoms with Crippen LogP contribution in [0.15, 0.2) is 0 Å². The van der Waals surface area contributed by atoms with Gasteiger partial charge in [-0.3, -0.25) is 4.79 Å². The zero-order valence-corrected chi connectivity index (χ0v) is 20.8. The number of esters is 1. The molecule has 0 spiro atoms. The van der Waals surface area contributed by atoms with Crippen LogP contribution >= 0.6 is 0 Å². The van der Waals surface area contributed by atoms with Crippen LogP contribution in [0, 0.1) is 46.3 Å². The van der Waals surface area contributed by atoms with Crippen molar-refractivity contribution in [1.29, 1.82) is 0 Å². The quantitative estimate of drug-likeness (QED) is 0.509. The summed E-state index contributed by atoms with van der Waals surface area (Å²) in [7, 11) is 1.48. The number of fused-ring (bicyclic) bond motifs is 5. The molecule has 3 N–H and O–H groups in total. The first kappa shape index (κ1) is 24.5. The molecule has 0 aliphatic heterocycles. The molecule has 4 rings (SSSR count). The van der Waals surface area contributed by atoms with Gasteiger partial charge >= 0.3 is 5.97 Å². The van der Waals surface area contributed by atoms with Gasteiger partial charge in [0, 0.05) is 19.0 Å². The predicted octanol–water partition coefficient (Wildman–Crippen LogP) is 4.16. The van der Waals surface area contributed by atoms with Crippen molar-refractivity contribution < 1.29 is 19.7 Å². The van der Waals surface area contributed by atoms with Gasteiger partial charge in [0.2, 0.25) is 0 Å². The smallest absolute Gasteiger partial charge is 0.305 e. The summed E-state index contributed by atoms with van der Waals surface area (Å²) in [5.74, 6) is 3.36. The van der Waals surface area contributed by atoms with Crippen LogP contribution in [0.25, 0.3) is 0 Å². The van der Waals surface area contributed by atoms with Gasteiger partial charge in [-0.15, -0.1) is 0 Å². The summed E-state index contributed by atoms with van der Waals surface area (Å²) in [6.07, 6.45) is 10.8. The Morgan fingerprint density at radius 1 is 1.09 bits per heavy atom. The highest BCUT2D eigenvalue weighted by atomic mass is 16.5. The zero-order chi connectivity index (χ0) is 23.1. The Bertz CT molecular complexity index is 670. The number of carbonyl (C=O) groups excluding carboxylic acids is 1. The Hall–Kier alpha value is -0.650. The number of rotatable bonds is 7. The first-order chi connectivity index (χ1) is 15.2. The summed E-state index contributed by atoms with van der Waals surface area (Å²) in [6, 6.07) is 0.490. The molecule has 0 radical (unpaired) electrons. The topological polar surface area (TPSA) is 78.8 Å². The largest absolute Gasteiger partial charge is 0.469 e. The van der Waals surface area contributed by atoms with Gasteiger partial charge in [0.25, 0.3) is 0 Å². The number of nitrogens with one attached hydrogen (secondary N) is 1. The van der Waals surface area contributed by atoms with Crippen LogP contribution in [-0.4, -0.2) is 48.6 Å². The van der Waals surface area contributed by atoms with E-state index in [1.807, 2.05) is 0 Å². The van der Waals surface area contributed by atoms with Gasteiger partial charge in [-0.1, -0.05) is 20.8 Å². The summed E-state index contributed by atoms with van der Waals surface area (Å²) in [4.78, 5) is 11.7. The molecule has 4 saturated carbocycles. The van der Waals surface area contributed by atoms with Gasteiger partial charge in [0.05, 0.1) is 19.8 Å². The number of aliphatic hydroxyl groups is 2. The molecular formula is C27H47NO4. The van der Waals surface area contributed by atoms with Crippen LogP contribution < -0.4 is 5.32 Å². The van der Waals surface area contributed by atoms with E-state index in [2.05, 4.69) is 26.1 Å². The fourth-order valence-electron chi connectivity index (χ4n) is 9.30. The molecule has 0 bridgehead atoms. The van der Waals surface area contributed by atoms with E-state index in [0.717, 1.165) is 19.3 Å². The van der Waals surface area contributed by atoms with Gasteiger partial charge in [-0.05, 0) is 104 Å². The highest BCUT2D eigenvalue weighted by Crippen LogP contribution is 2.68. The maximum Gasteiger partial charge on any atom is 0.305 e. The van der Waals surface area contributed by atoms with Crippen molar-refractivity contribution in [3.8, 4) is 0 Å². The highest BCUT2D eigenvalue weighted by Gasteiger charge is 2.62. The van der Waals surface area contributed by atoms with Gasteiger partial charge in [0.1, 0.15) is 0 Å². The lowest BCUT2D eigenvalue weighted by Crippen LogP contribution is -2.59. The number of hydrogen-bond donors (Lipinski definition) is 3. The third-order valence-corrected chi connectivity index (χ3v) is 11.0. The molecule has 0 aromatic rings. The summed E-state index contributed by atoms with van der Waals surface area (Å²) in [5.41, 5.74) is 0.637. The molecule has 4 aliphatic rings. The lowest BCUT2D eigenvalue weighted by molar-refractivity contribution is -0.167. The monoisotopic (exact) mass is 449 g/mol. The van der Waals surface area contributed by atoms with Crippen molar-refractivity contribution in [1.82, 2.24) is 5.32 Å². The van der Waals surface area contributed by atoms with E-state index in [1.54, 1.807) is 0 Å². The van der Waals surface area contributed by atoms with E-state index in [9.17, 15) is 15.0 Å². The number of carbonyl (C=O) groups is 1. The van der Waals surface area contributed by atoms with Crippen molar-refractivity contribution in [3.05, 3.63) is 0 Å². The van der Waals surface area contributed by atoms with Crippen molar-refractivity contribution in [2.45, 2.75) is 97.1 Å². The second-order valence-corrected chi connectivity index (χ2v) is 12.3. The molecule has 32 heavy (non-hydrogen) atoms. The van der Waals surface area contributed by atoms with Crippen LogP contribution in [0.3, 0.4) is 0 Å². The number of methoxy groups -OCH3 is 1. The second kappa shape index (κ2) is 9.54. The first-order valence-corrected chi connectivity index (χ1v) is 13.3. The van der Waals surface area contributed by atoms with Crippen molar-refractivity contribution >= 4 is 5.97 Å². The number of hydrogen-bond acceptors (Lipinski definition) is 5. The Labute approximate surface area is 195 Å². The molecule has 4 aliphatic carbocycles. The van der Waals surface area contributed by atoms with Gasteiger partial charge in [-0.2, -0.15) is 0 Å². The van der Waals surface area contributed by atoms with Crippen LogP contribution in [0.2, 0.25) is 0 Å². The number of ether oxygens (including phenoxy) is 1. The van der Waals surface area contributed by atoms with Gasteiger partial charge < -0.3 is 20.3 Å². The first-order valence-electron chi connectivity index (χ1n) is 13.3. The van der Waals surface area contributed by atoms with E-state index in [0.29, 0.717) is 65.3 Å². The van der Waals surface area contributed by atoms with Gasteiger partial charge in [-0.25, -0.2) is 0 Å². The fourth-order valence-corrected chi connectivity index (χ4v) is 9.30. The molecule has 4 unspecified atom stereocenters. The minimum absolute atomic E-state index is 0.0917. The molecule has 0 aromatic carbocycles. The Balaban J connectivity index is 1.48. The summed E-state index contributed by atoms with van der Waals surface area (Å²) >= 11 is 0. The fraction of sp³-hybridized carbons (Fsp3) is 0.963. The summed E-state index contributed by atoms with van der Waals surface area (Å²) in [6.45, 7) is 8.27. The Morgan fingerprint density at radius 2 is 1.81 bits per heavy atom. The van der Waals surface area contributed by atoms with Crippen LogP contribution in [0.1, 0.15) is 85.0 Å². The lowest BCUT2D eigenvalue weighted by atomic mass is 9.43. The maximum absolute atomic E-state index is 11.7. The molecule has 0 heterocycles. The van der Waals surface area contributed by atoms with Crippen LogP contribution in [0.4, 0.5) is 0 Å². The SMILES string of the molecule is COC(=O)CC[C@@H](C)[C@H]1CCC2C3C(O)C[C@@H]4C[C@H](NCCO)CC[C@]4(C)C3CC[C@@]21C. The van der Waals surface area contributed by atoms with Gasteiger partial charge in [0.15, 0.2) is 0 Å². The second-order valence-electron chi connectivity index (χ2n) is 12.3. The Kier molecular flexibility index (Phi) is 7.30. The third-order valence-electron chi connectivity index (χ3n) is 11.0. The van der Waals surface area contributed by atoms with E-state index in [4.69, 9.17) is 4.74 Å². The lowest BCUT2D eigenvalue weighted by Gasteiger charge is -2.62. The van der Waals surface area contributed by atoms with Crippen LogP contribution in [0.5, 0.6) is 0 Å². The van der Waals surface area contributed by atoms with E-state index < -0.39 is 0 Å². The number of aliphatic hydroxyl groups excluding tert-OH is 2. The van der Waals surface area contributed by atoms with Crippen molar-refractivity contribution in [2.24, 2.45) is 46.3 Å². The van der Waals surface area contributed by atoms with Crippen LogP contribution in [-0.2, 0) is 9.53 Å². The summed E-state index contributed by atoms with van der Waals surface area (Å²) < 4.78 is 4.88. The average molecular weight is 450 g/mol. The van der Waals surface area contributed by atoms with E-state index in [-0.39, 0.29) is 18.7 Å². The molecule has 184 valence electrons. The molecule has 0 amide bonds. The maximum atomic E-state index is 11.7. The zero-order valence-electron chi connectivity index (χ0n) is 20.8. The molecule has 10 atom stereocenters. The third kappa shape index (κ3) is 4.15. The predicted molar refractivity (Wildman–Crippen MR) is 126 cm³/mol. The normalized spacial score (nSPS) is 46.6. The van der Waals surface area contributed by atoms with Crippen molar-refractivity contribution in [3.63, 3.8) is 0 Å². The minimum atomic E-state index is -0.177. The van der Waals surface area contributed by atoms with Crippen molar-refractivity contribution in [2.75, 3.05) is 20.3 Å². The average Bonchev–Trinajstić information content (AvgIpc) is 3.13. The standard InChI is InChI=1S/C27H47NO4/c1-17(5-8-24(31)32-4)20-6-7-21-25-22(10-12-27(20,21)3)26(2)11-9-19(28-13-14-29)15-18(26)16-23(25)30/h17-23,25,28-30H,5-16H2,1-4H3/t17-,18+,19-,20-,21?,22?,23?,25?,26+,27-/m1/s1. The molecule has 5 nitrogen and oxygen atoms in total. The summed E-state index contributed by atoms with van der Waals surface area (Å²) in [5, 5.41) is 24.2. The molecule has 5 heteroatoms. The highest BCUT2D eigenvalue weighted by molar-refractivity contribution is 5.69. The van der Waals surface area contributed by atoms with E-state index in [1.165, 1.54) is 45.6 Å². The molecular weight excluding hydrogens is 402 g/mol. The molecule has 0 aromatic heterocycles.